The van der Waals surface area contributed by atoms with E-state index in [-0.39, 0.29) is 23.8 Å². The van der Waals surface area contributed by atoms with E-state index < -0.39 is 11.7 Å². The first-order chi connectivity index (χ1) is 12.1. The van der Waals surface area contributed by atoms with Gasteiger partial charge in [-0.3, -0.25) is 9.59 Å². The van der Waals surface area contributed by atoms with Crippen LogP contribution in [0.3, 0.4) is 0 Å². The second-order valence-electron chi connectivity index (χ2n) is 5.96. The first-order valence-corrected chi connectivity index (χ1v) is 8.15. The Morgan fingerprint density at radius 3 is 2.40 bits per heavy atom. The molecular weight excluding hydrogens is 323 g/mol. The topological polar surface area (TPSA) is 72.6 Å². The lowest BCUT2D eigenvalue weighted by molar-refractivity contribution is 0.0792. The number of likely N-dealkylation sites (tertiary alicyclic amines) is 1. The van der Waals surface area contributed by atoms with Gasteiger partial charge in [0.15, 0.2) is 0 Å². The number of nitrogens with zero attached hydrogens (tertiary/aromatic N) is 1. The number of ether oxygens (including phenoxy) is 1. The first-order valence-electron chi connectivity index (χ1n) is 8.15. The molecular formula is C19H19FN2O3. The summed E-state index contributed by atoms with van der Waals surface area (Å²) in [6.07, 6.45) is 2.10. The highest BCUT2D eigenvalue weighted by atomic mass is 19.1. The van der Waals surface area contributed by atoms with Crippen LogP contribution in [0.2, 0.25) is 0 Å². The summed E-state index contributed by atoms with van der Waals surface area (Å²) in [5.41, 5.74) is 6.37. The summed E-state index contributed by atoms with van der Waals surface area (Å²) in [4.78, 5) is 25.5. The van der Waals surface area contributed by atoms with Gasteiger partial charge in [0.1, 0.15) is 23.7 Å². The number of amides is 2. The smallest absolute Gasteiger partial charge is 0.255 e. The van der Waals surface area contributed by atoms with Crippen molar-refractivity contribution in [2.45, 2.75) is 19.4 Å². The molecule has 2 aromatic rings. The predicted octanol–water partition coefficient (Wildman–Crippen LogP) is 2.74. The second-order valence-corrected chi connectivity index (χ2v) is 5.96. The summed E-state index contributed by atoms with van der Waals surface area (Å²) in [5, 5.41) is 0. The molecule has 6 heteroatoms. The summed E-state index contributed by atoms with van der Waals surface area (Å²) >= 11 is 0. The van der Waals surface area contributed by atoms with Crippen molar-refractivity contribution < 1.29 is 18.7 Å². The number of benzene rings is 2. The zero-order chi connectivity index (χ0) is 17.8. The quantitative estimate of drug-likeness (QED) is 0.908. The fourth-order valence-electron chi connectivity index (χ4n) is 2.87. The van der Waals surface area contributed by atoms with Crippen LogP contribution in [0.4, 0.5) is 4.39 Å². The van der Waals surface area contributed by atoms with Crippen LogP contribution in [0.25, 0.3) is 0 Å². The van der Waals surface area contributed by atoms with Crippen molar-refractivity contribution in [3.05, 3.63) is 65.0 Å². The van der Waals surface area contributed by atoms with Crippen LogP contribution >= 0.6 is 0 Å². The lowest BCUT2D eigenvalue weighted by atomic mass is 10.1. The largest absolute Gasteiger partial charge is 0.488 e. The lowest BCUT2D eigenvalue weighted by Gasteiger charge is -2.15. The Hall–Kier alpha value is -2.89. The number of carbonyl (C=O) groups is 2. The molecule has 5 nitrogen and oxygen atoms in total. The second kappa shape index (κ2) is 7.34. The molecule has 0 atom stereocenters. The van der Waals surface area contributed by atoms with Gasteiger partial charge in [0.05, 0.1) is 0 Å². The molecule has 0 saturated carbocycles. The van der Waals surface area contributed by atoms with Gasteiger partial charge in [-0.05, 0) is 42.7 Å². The Morgan fingerprint density at radius 1 is 1.08 bits per heavy atom. The molecule has 1 aliphatic heterocycles. The van der Waals surface area contributed by atoms with Gasteiger partial charge < -0.3 is 15.4 Å². The van der Waals surface area contributed by atoms with E-state index in [1.807, 2.05) is 4.90 Å². The Morgan fingerprint density at radius 2 is 1.76 bits per heavy atom. The van der Waals surface area contributed by atoms with E-state index >= 15 is 0 Å². The average Bonchev–Trinajstić information content (AvgIpc) is 3.14. The number of carbonyl (C=O) groups excluding carboxylic acids is 2. The minimum Gasteiger partial charge on any atom is -0.488 e. The molecule has 2 N–H and O–H groups in total. The summed E-state index contributed by atoms with van der Waals surface area (Å²) in [6, 6.07) is 11.2. The molecule has 0 unspecified atom stereocenters. The van der Waals surface area contributed by atoms with Crippen LogP contribution in [-0.4, -0.2) is 29.8 Å². The van der Waals surface area contributed by atoms with Crippen LogP contribution < -0.4 is 10.5 Å². The first kappa shape index (κ1) is 17.0. The molecule has 0 aliphatic carbocycles. The average molecular weight is 342 g/mol. The molecule has 2 amide bonds. The highest BCUT2D eigenvalue weighted by Crippen LogP contribution is 2.22. The summed E-state index contributed by atoms with van der Waals surface area (Å²) in [6.45, 7) is 1.75. The van der Waals surface area contributed by atoms with Crippen molar-refractivity contribution in [2.24, 2.45) is 5.73 Å². The molecule has 2 aromatic carbocycles. The van der Waals surface area contributed by atoms with Crippen LogP contribution in [0.5, 0.6) is 5.75 Å². The van der Waals surface area contributed by atoms with Gasteiger partial charge in [-0.1, -0.05) is 18.2 Å². The van der Waals surface area contributed by atoms with Crippen molar-refractivity contribution in [3.63, 3.8) is 0 Å². The Bertz CT molecular complexity index is 784. The van der Waals surface area contributed by atoms with Gasteiger partial charge in [0.25, 0.3) is 11.8 Å². The molecule has 1 aliphatic rings. The number of hydrogen-bond acceptors (Lipinski definition) is 3. The van der Waals surface area contributed by atoms with Crippen LogP contribution in [0, 0.1) is 5.82 Å². The SMILES string of the molecule is NC(=O)c1c(F)cccc1OCc1ccc(C(=O)N2CCCC2)cc1. The highest BCUT2D eigenvalue weighted by molar-refractivity contribution is 5.96. The third-order valence-electron chi connectivity index (χ3n) is 4.21. The Balaban J connectivity index is 1.67. The van der Waals surface area contributed by atoms with Crippen molar-refractivity contribution in [1.29, 1.82) is 0 Å². The zero-order valence-corrected chi connectivity index (χ0v) is 13.7. The fourth-order valence-corrected chi connectivity index (χ4v) is 2.87. The van der Waals surface area contributed by atoms with Gasteiger partial charge in [0.2, 0.25) is 0 Å². The zero-order valence-electron chi connectivity index (χ0n) is 13.7. The third kappa shape index (κ3) is 3.79. The monoisotopic (exact) mass is 342 g/mol. The van der Waals surface area contributed by atoms with E-state index in [0.717, 1.165) is 37.6 Å². The van der Waals surface area contributed by atoms with E-state index in [1.165, 1.54) is 12.1 Å². The number of primary amides is 1. The number of rotatable bonds is 5. The summed E-state index contributed by atoms with van der Waals surface area (Å²) < 4.78 is 19.2. The molecule has 1 saturated heterocycles. The molecule has 1 fully saturated rings. The van der Waals surface area contributed by atoms with Gasteiger partial charge in [-0.25, -0.2) is 4.39 Å². The number of hydrogen-bond donors (Lipinski definition) is 1. The van der Waals surface area contributed by atoms with Crippen LogP contribution in [-0.2, 0) is 6.61 Å². The molecule has 0 spiro atoms. The standard InChI is InChI=1S/C19H19FN2O3/c20-15-4-3-5-16(17(15)18(21)23)25-12-13-6-8-14(9-7-13)19(24)22-10-1-2-11-22/h3-9H,1-2,10-12H2,(H2,21,23). The minimum absolute atomic E-state index is 0.0334. The van der Waals surface area contributed by atoms with Crippen molar-refractivity contribution in [2.75, 3.05) is 13.1 Å². The van der Waals surface area contributed by atoms with Crippen LogP contribution in [0.15, 0.2) is 42.5 Å². The van der Waals surface area contributed by atoms with Gasteiger partial charge in [0, 0.05) is 18.7 Å². The van der Waals surface area contributed by atoms with Gasteiger partial charge >= 0.3 is 0 Å². The molecule has 0 bridgehead atoms. The molecule has 25 heavy (non-hydrogen) atoms. The van der Waals surface area contributed by atoms with Gasteiger partial charge in [-0.2, -0.15) is 0 Å². The Kier molecular flexibility index (Phi) is 4.97. The molecule has 3 rings (SSSR count). The number of halogens is 1. The van der Waals surface area contributed by atoms with Crippen molar-refractivity contribution in [3.8, 4) is 5.75 Å². The predicted molar refractivity (Wildman–Crippen MR) is 90.8 cm³/mol. The fraction of sp³-hybridized carbons (Fsp3) is 0.263. The molecule has 130 valence electrons. The minimum atomic E-state index is -0.875. The van der Waals surface area contributed by atoms with E-state index in [0.29, 0.717) is 5.56 Å². The van der Waals surface area contributed by atoms with E-state index in [1.54, 1.807) is 24.3 Å². The third-order valence-corrected chi connectivity index (χ3v) is 4.21. The summed E-state index contributed by atoms with van der Waals surface area (Å²) in [5.74, 6) is -1.45. The van der Waals surface area contributed by atoms with E-state index in [9.17, 15) is 14.0 Å². The normalized spacial score (nSPS) is 13.7. The van der Waals surface area contributed by atoms with Crippen molar-refractivity contribution >= 4 is 11.8 Å². The van der Waals surface area contributed by atoms with E-state index in [4.69, 9.17) is 10.5 Å². The van der Waals surface area contributed by atoms with Crippen LogP contribution in [0.1, 0.15) is 39.1 Å². The maximum Gasteiger partial charge on any atom is 0.255 e. The van der Waals surface area contributed by atoms with Gasteiger partial charge in [-0.15, -0.1) is 0 Å². The molecule has 1 heterocycles. The van der Waals surface area contributed by atoms with E-state index in [2.05, 4.69) is 0 Å². The number of nitrogens with two attached hydrogens (primary N) is 1. The summed E-state index contributed by atoms with van der Waals surface area (Å²) in [7, 11) is 0. The molecule has 0 aromatic heterocycles. The maximum atomic E-state index is 13.7. The lowest BCUT2D eigenvalue weighted by Crippen LogP contribution is -2.27. The Labute approximate surface area is 145 Å². The maximum absolute atomic E-state index is 13.7. The molecule has 0 radical (unpaired) electrons. The highest BCUT2D eigenvalue weighted by Gasteiger charge is 2.19. The van der Waals surface area contributed by atoms with Crippen molar-refractivity contribution in [1.82, 2.24) is 4.90 Å².